The molecule has 1 heterocycles. The molecule has 0 amide bonds. The van der Waals surface area contributed by atoms with E-state index in [1.165, 1.54) is 17.7 Å². The molecule has 0 saturated carbocycles. The Morgan fingerprint density at radius 2 is 1.67 bits per heavy atom. The molecule has 2 N–H and O–H groups in total. The maximum absolute atomic E-state index is 11.4. The highest BCUT2D eigenvalue weighted by Gasteiger charge is 2.12. The van der Waals surface area contributed by atoms with Gasteiger partial charge in [0.05, 0.1) is 16.6 Å². The highest BCUT2D eigenvalue weighted by molar-refractivity contribution is 5.88. The number of carboxylic acids is 1. The van der Waals surface area contributed by atoms with Crippen LogP contribution in [0.4, 0.5) is 0 Å². The van der Waals surface area contributed by atoms with Crippen LogP contribution in [0, 0.1) is 0 Å². The van der Waals surface area contributed by atoms with Crippen molar-refractivity contribution in [2.75, 3.05) is 0 Å². The SMILES string of the molecule is CCc1ccc(COc2cc(C(=O)O)ccc2OCc2nc3ccccc3[nH]2)cc1. The number of nitrogens with one attached hydrogen (secondary N) is 1. The Kier molecular flexibility index (Phi) is 5.66. The number of aryl methyl sites for hydroxylation is 1. The van der Waals surface area contributed by atoms with Crippen LogP contribution < -0.4 is 9.47 Å². The molecular weight excluding hydrogens is 380 g/mol. The number of hydrogen-bond acceptors (Lipinski definition) is 4. The number of carbonyl (C=O) groups is 1. The lowest BCUT2D eigenvalue weighted by Gasteiger charge is -2.13. The second-order valence-electron chi connectivity index (χ2n) is 6.91. The number of benzene rings is 3. The highest BCUT2D eigenvalue weighted by atomic mass is 16.5. The van der Waals surface area contributed by atoms with Gasteiger partial charge in [0, 0.05) is 0 Å². The molecule has 0 aliphatic heterocycles. The smallest absolute Gasteiger partial charge is 0.335 e. The summed E-state index contributed by atoms with van der Waals surface area (Å²) in [6, 6.07) is 20.5. The zero-order valence-corrected chi connectivity index (χ0v) is 16.6. The summed E-state index contributed by atoms with van der Waals surface area (Å²) in [5, 5.41) is 9.32. The normalized spacial score (nSPS) is 10.8. The van der Waals surface area contributed by atoms with Gasteiger partial charge < -0.3 is 19.6 Å². The molecule has 0 aliphatic carbocycles. The van der Waals surface area contributed by atoms with E-state index in [0.717, 1.165) is 23.0 Å². The number of rotatable bonds is 8. The van der Waals surface area contributed by atoms with Crippen LogP contribution in [-0.4, -0.2) is 21.0 Å². The molecule has 0 saturated heterocycles. The summed E-state index contributed by atoms with van der Waals surface area (Å²) in [7, 11) is 0. The number of aromatic carboxylic acids is 1. The number of aromatic nitrogens is 2. The van der Waals surface area contributed by atoms with Crippen molar-refractivity contribution in [1.29, 1.82) is 0 Å². The Morgan fingerprint density at radius 1 is 0.933 bits per heavy atom. The summed E-state index contributed by atoms with van der Waals surface area (Å²) in [6.07, 6.45) is 0.974. The quantitative estimate of drug-likeness (QED) is 0.434. The molecule has 6 nitrogen and oxygen atoms in total. The number of H-pyrrole nitrogens is 1. The van der Waals surface area contributed by atoms with Gasteiger partial charge in [-0.15, -0.1) is 0 Å². The number of imidazole rings is 1. The number of fused-ring (bicyclic) bond motifs is 1. The number of para-hydroxylation sites is 2. The largest absolute Gasteiger partial charge is 0.485 e. The molecule has 4 rings (SSSR count). The van der Waals surface area contributed by atoms with E-state index < -0.39 is 5.97 Å². The summed E-state index contributed by atoms with van der Waals surface area (Å²) in [5.41, 5.74) is 4.19. The van der Waals surface area contributed by atoms with E-state index in [1.807, 2.05) is 36.4 Å². The monoisotopic (exact) mass is 402 g/mol. The van der Waals surface area contributed by atoms with Gasteiger partial charge in [0.15, 0.2) is 11.5 Å². The first-order valence-corrected chi connectivity index (χ1v) is 9.77. The Labute approximate surface area is 174 Å². The fourth-order valence-electron chi connectivity index (χ4n) is 3.13. The van der Waals surface area contributed by atoms with Crippen LogP contribution in [0.1, 0.15) is 34.2 Å². The fourth-order valence-corrected chi connectivity index (χ4v) is 3.13. The standard InChI is InChI=1S/C24H22N2O4/c1-2-16-7-9-17(10-8-16)14-29-22-13-18(24(27)28)11-12-21(22)30-15-23-25-19-5-3-4-6-20(19)26-23/h3-13H,2,14-15H2,1H3,(H,25,26)(H,27,28). The molecule has 152 valence electrons. The van der Waals surface area contributed by atoms with Crippen LogP contribution in [0.15, 0.2) is 66.7 Å². The fraction of sp³-hybridized carbons (Fsp3) is 0.167. The van der Waals surface area contributed by atoms with Crippen molar-refractivity contribution < 1.29 is 19.4 Å². The van der Waals surface area contributed by atoms with E-state index in [2.05, 4.69) is 29.0 Å². The summed E-state index contributed by atoms with van der Waals surface area (Å²) in [6.45, 7) is 2.63. The molecule has 1 aromatic heterocycles. The molecule has 0 atom stereocenters. The highest BCUT2D eigenvalue weighted by Crippen LogP contribution is 2.30. The minimum Gasteiger partial charge on any atom is -0.485 e. The lowest BCUT2D eigenvalue weighted by molar-refractivity contribution is 0.0696. The van der Waals surface area contributed by atoms with E-state index in [4.69, 9.17) is 9.47 Å². The van der Waals surface area contributed by atoms with Gasteiger partial charge in [-0.1, -0.05) is 43.3 Å². The third kappa shape index (κ3) is 4.43. The first-order valence-electron chi connectivity index (χ1n) is 9.77. The lowest BCUT2D eigenvalue weighted by Crippen LogP contribution is -2.04. The second kappa shape index (κ2) is 8.69. The van der Waals surface area contributed by atoms with Gasteiger partial charge in [-0.25, -0.2) is 9.78 Å². The molecule has 0 fully saturated rings. The summed E-state index contributed by atoms with van der Waals surface area (Å²) < 4.78 is 11.8. The molecule has 0 spiro atoms. The van der Waals surface area contributed by atoms with Gasteiger partial charge in [-0.2, -0.15) is 0 Å². The summed E-state index contributed by atoms with van der Waals surface area (Å²) in [4.78, 5) is 19.1. The molecule has 4 aromatic rings. The van der Waals surface area contributed by atoms with Crippen molar-refractivity contribution in [3.8, 4) is 11.5 Å². The third-order valence-electron chi connectivity index (χ3n) is 4.82. The third-order valence-corrected chi connectivity index (χ3v) is 4.82. The zero-order valence-electron chi connectivity index (χ0n) is 16.6. The summed E-state index contributed by atoms with van der Waals surface area (Å²) >= 11 is 0. The maximum Gasteiger partial charge on any atom is 0.335 e. The van der Waals surface area contributed by atoms with Gasteiger partial charge in [-0.3, -0.25) is 0 Å². The van der Waals surface area contributed by atoms with Crippen LogP contribution >= 0.6 is 0 Å². The average Bonchev–Trinajstić information content (AvgIpc) is 3.19. The number of carboxylic acid groups (broad SMARTS) is 1. The first kappa shape index (κ1) is 19.5. The molecule has 3 aromatic carbocycles. The van der Waals surface area contributed by atoms with Gasteiger partial charge in [0.1, 0.15) is 19.0 Å². The molecular formula is C24H22N2O4. The van der Waals surface area contributed by atoms with Crippen molar-refractivity contribution in [1.82, 2.24) is 9.97 Å². The molecule has 30 heavy (non-hydrogen) atoms. The zero-order chi connectivity index (χ0) is 20.9. The second-order valence-corrected chi connectivity index (χ2v) is 6.91. The molecule has 0 bridgehead atoms. The van der Waals surface area contributed by atoms with Gasteiger partial charge in [0.2, 0.25) is 0 Å². The van der Waals surface area contributed by atoms with Crippen molar-refractivity contribution in [2.24, 2.45) is 0 Å². The Balaban J connectivity index is 1.51. The number of aromatic amines is 1. The minimum absolute atomic E-state index is 0.141. The Hall–Kier alpha value is -3.80. The van der Waals surface area contributed by atoms with Gasteiger partial charge in [0.25, 0.3) is 0 Å². The Morgan fingerprint density at radius 3 is 2.40 bits per heavy atom. The topological polar surface area (TPSA) is 84.4 Å². The lowest BCUT2D eigenvalue weighted by atomic mass is 10.1. The maximum atomic E-state index is 11.4. The van der Waals surface area contributed by atoms with E-state index in [1.54, 1.807) is 6.07 Å². The molecule has 0 aliphatic rings. The number of ether oxygens (including phenoxy) is 2. The van der Waals surface area contributed by atoms with Gasteiger partial charge >= 0.3 is 5.97 Å². The van der Waals surface area contributed by atoms with Crippen molar-refractivity contribution in [3.63, 3.8) is 0 Å². The van der Waals surface area contributed by atoms with E-state index in [-0.39, 0.29) is 12.2 Å². The minimum atomic E-state index is -1.02. The van der Waals surface area contributed by atoms with Crippen LogP contribution in [-0.2, 0) is 19.6 Å². The van der Waals surface area contributed by atoms with Crippen LogP contribution in [0.2, 0.25) is 0 Å². The van der Waals surface area contributed by atoms with Crippen molar-refractivity contribution >= 4 is 17.0 Å². The summed E-state index contributed by atoms with van der Waals surface area (Å²) in [5.74, 6) is 0.506. The van der Waals surface area contributed by atoms with Crippen LogP contribution in [0.25, 0.3) is 11.0 Å². The molecule has 0 unspecified atom stereocenters. The van der Waals surface area contributed by atoms with Crippen LogP contribution in [0.3, 0.4) is 0 Å². The predicted molar refractivity (Wildman–Crippen MR) is 114 cm³/mol. The van der Waals surface area contributed by atoms with E-state index >= 15 is 0 Å². The van der Waals surface area contributed by atoms with Gasteiger partial charge in [-0.05, 0) is 47.9 Å². The van der Waals surface area contributed by atoms with Crippen molar-refractivity contribution in [3.05, 3.63) is 89.2 Å². The van der Waals surface area contributed by atoms with E-state index in [9.17, 15) is 9.90 Å². The number of hydrogen-bond donors (Lipinski definition) is 2. The Bertz CT molecular complexity index is 1130. The number of nitrogens with zero attached hydrogens (tertiary/aromatic N) is 1. The molecule has 6 heteroatoms. The molecule has 0 radical (unpaired) electrons. The van der Waals surface area contributed by atoms with Crippen molar-refractivity contribution in [2.45, 2.75) is 26.6 Å². The predicted octanol–water partition coefficient (Wildman–Crippen LogP) is 4.98. The average molecular weight is 402 g/mol. The van der Waals surface area contributed by atoms with E-state index in [0.29, 0.717) is 23.9 Å². The van der Waals surface area contributed by atoms with Crippen LogP contribution in [0.5, 0.6) is 11.5 Å². The first-order chi connectivity index (χ1) is 14.6.